The summed E-state index contributed by atoms with van der Waals surface area (Å²) in [6, 6.07) is 0. The van der Waals surface area contributed by atoms with Crippen LogP contribution in [0.2, 0.25) is 0 Å². The molecule has 0 aromatic carbocycles. The van der Waals surface area contributed by atoms with Gasteiger partial charge in [-0.25, -0.2) is 0 Å². The van der Waals surface area contributed by atoms with Crippen molar-refractivity contribution in [2.75, 3.05) is 6.54 Å². The van der Waals surface area contributed by atoms with E-state index in [2.05, 4.69) is 5.32 Å². The normalized spacial score (nSPS) is 11.1. The summed E-state index contributed by atoms with van der Waals surface area (Å²) in [5, 5.41) is 9.88. The van der Waals surface area contributed by atoms with Crippen molar-refractivity contribution in [2.24, 2.45) is 5.73 Å². The summed E-state index contributed by atoms with van der Waals surface area (Å²) in [7, 11) is 0. The molecule has 4 N–H and O–H groups in total. The van der Waals surface area contributed by atoms with Gasteiger partial charge in [-0.15, -0.1) is 0 Å². The summed E-state index contributed by atoms with van der Waals surface area (Å²) in [6.07, 6.45) is 1.50. The quantitative estimate of drug-likeness (QED) is 0.405. The minimum atomic E-state index is -0.113. The molecule has 0 spiro atoms. The predicted octanol–water partition coefficient (Wildman–Crippen LogP) is 0.612. The highest BCUT2D eigenvalue weighted by Gasteiger charge is 1.91. The molecule has 52 valence electrons. The van der Waals surface area contributed by atoms with E-state index in [-0.39, 0.29) is 10.9 Å². The summed E-state index contributed by atoms with van der Waals surface area (Å²) in [6.45, 7) is 2.71. The number of halogens is 1. The average molecular weight is 148 g/mol. The van der Waals surface area contributed by atoms with E-state index in [0.717, 1.165) is 6.54 Å². The molecule has 0 rings (SSSR count). The third-order valence-electron chi connectivity index (χ3n) is 0.690. The zero-order valence-corrected chi connectivity index (χ0v) is 6.00. The van der Waals surface area contributed by atoms with Crippen molar-refractivity contribution in [3.8, 4) is 0 Å². The molecule has 0 heterocycles. The summed E-state index contributed by atoms with van der Waals surface area (Å²) in [4.78, 5) is 0. The van der Waals surface area contributed by atoms with E-state index in [1.807, 2.05) is 6.92 Å². The van der Waals surface area contributed by atoms with Crippen molar-refractivity contribution < 1.29 is 0 Å². The van der Waals surface area contributed by atoms with Crippen molar-refractivity contribution >= 4 is 17.4 Å². The lowest BCUT2D eigenvalue weighted by Gasteiger charge is -1.94. The van der Waals surface area contributed by atoms with Gasteiger partial charge in [-0.05, 0) is 6.92 Å². The Morgan fingerprint density at radius 1 is 1.89 bits per heavy atom. The van der Waals surface area contributed by atoms with E-state index < -0.39 is 0 Å². The first-order valence-electron chi connectivity index (χ1n) is 2.62. The second-order valence-corrected chi connectivity index (χ2v) is 1.87. The molecule has 0 aliphatic carbocycles. The van der Waals surface area contributed by atoms with E-state index in [1.54, 1.807) is 0 Å². The zero-order valence-electron chi connectivity index (χ0n) is 5.24. The highest BCUT2D eigenvalue weighted by atomic mass is 35.5. The monoisotopic (exact) mass is 147 g/mol. The van der Waals surface area contributed by atoms with Crippen LogP contribution in [0.5, 0.6) is 0 Å². The molecule has 0 saturated carbocycles. The van der Waals surface area contributed by atoms with Crippen molar-refractivity contribution in [2.45, 2.75) is 6.92 Å². The van der Waals surface area contributed by atoms with Crippen LogP contribution >= 0.6 is 11.6 Å². The average Bonchev–Trinajstić information content (AvgIpc) is 1.82. The van der Waals surface area contributed by atoms with Gasteiger partial charge >= 0.3 is 0 Å². The lowest BCUT2D eigenvalue weighted by atomic mass is 10.5. The van der Waals surface area contributed by atoms with Crippen LogP contribution in [0.15, 0.2) is 11.2 Å². The smallest absolute Gasteiger partial charge is 0.136 e. The molecule has 9 heavy (non-hydrogen) atoms. The standard InChI is InChI=1S/C5H10ClN3/c1-2-9-3-4(6)5(7)8/h3,9H,2H2,1H3,(H3,7,8)/b4-3+. The minimum Gasteiger partial charge on any atom is -0.390 e. The van der Waals surface area contributed by atoms with Gasteiger partial charge in [0.25, 0.3) is 0 Å². The van der Waals surface area contributed by atoms with Crippen LogP contribution in [0.1, 0.15) is 6.92 Å². The molecule has 0 amide bonds. The molecule has 0 unspecified atom stereocenters. The fraction of sp³-hybridized carbons (Fsp3) is 0.400. The van der Waals surface area contributed by atoms with Gasteiger partial charge in [0.15, 0.2) is 0 Å². The number of hydrogen-bond donors (Lipinski definition) is 3. The van der Waals surface area contributed by atoms with E-state index in [4.69, 9.17) is 22.7 Å². The van der Waals surface area contributed by atoms with Gasteiger partial charge in [0.2, 0.25) is 0 Å². The Morgan fingerprint density at radius 3 is 2.78 bits per heavy atom. The fourth-order valence-electron chi connectivity index (χ4n) is 0.269. The Balaban J connectivity index is 3.69. The number of rotatable bonds is 3. The van der Waals surface area contributed by atoms with Crippen molar-refractivity contribution in [1.82, 2.24) is 5.32 Å². The molecule has 0 aliphatic rings. The molecule has 0 aliphatic heterocycles. The van der Waals surface area contributed by atoms with Gasteiger partial charge in [-0.3, -0.25) is 5.41 Å². The van der Waals surface area contributed by atoms with Crippen molar-refractivity contribution in [3.05, 3.63) is 11.2 Å². The first-order chi connectivity index (χ1) is 4.18. The van der Waals surface area contributed by atoms with Gasteiger partial charge in [0.1, 0.15) is 5.84 Å². The number of nitrogens with one attached hydrogen (secondary N) is 2. The molecule has 0 aromatic rings. The highest BCUT2D eigenvalue weighted by molar-refractivity contribution is 6.42. The maximum Gasteiger partial charge on any atom is 0.136 e. The highest BCUT2D eigenvalue weighted by Crippen LogP contribution is 1.95. The van der Waals surface area contributed by atoms with Crippen LogP contribution in [-0.2, 0) is 0 Å². The number of amidine groups is 1. The molecule has 0 aromatic heterocycles. The lowest BCUT2D eigenvalue weighted by molar-refractivity contribution is 0.918. The molecule has 3 nitrogen and oxygen atoms in total. The van der Waals surface area contributed by atoms with Gasteiger partial charge in [-0.1, -0.05) is 11.6 Å². The SMILES string of the molecule is CCN/C=C(/Cl)C(=N)N. The Morgan fingerprint density at radius 2 is 2.44 bits per heavy atom. The Labute approximate surface area is 59.4 Å². The number of nitrogens with two attached hydrogens (primary N) is 1. The van der Waals surface area contributed by atoms with Crippen LogP contribution in [0.4, 0.5) is 0 Å². The molecule has 4 heteroatoms. The van der Waals surface area contributed by atoms with Crippen LogP contribution in [0.3, 0.4) is 0 Å². The molecule has 0 radical (unpaired) electrons. The van der Waals surface area contributed by atoms with E-state index in [0.29, 0.717) is 0 Å². The van der Waals surface area contributed by atoms with E-state index >= 15 is 0 Å². The van der Waals surface area contributed by atoms with Crippen molar-refractivity contribution in [3.63, 3.8) is 0 Å². The predicted molar refractivity (Wildman–Crippen MR) is 39.5 cm³/mol. The number of hydrogen-bond acceptors (Lipinski definition) is 2. The van der Waals surface area contributed by atoms with Gasteiger partial charge < -0.3 is 11.1 Å². The molecule has 0 bridgehead atoms. The Kier molecular flexibility index (Phi) is 3.88. The minimum absolute atomic E-state index is 0.113. The summed E-state index contributed by atoms with van der Waals surface area (Å²) in [5.74, 6) is -0.113. The first-order valence-corrected chi connectivity index (χ1v) is 2.99. The van der Waals surface area contributed by atoms with E-state index in [1.165, 1.54) is 6.20 Å². The second kappa shape index (κ2) is 4.21. The zero-order chi connectivity index (χ0) is 7.28. The molecular formula is C5H10ClN3. The van der Waals surface area contributed by atoms with Crippen LogP contribution in [-0.4, -0.2) is 12.4 Å². The van der Waals surface area contributed by atoms with Gasteiger partial charge in [-0.2, -0.15) is 0 Å². The fourth-order valence-corrected chi connectivity index (χ4v) is 0.347. The third kappa shape index (κ3) is 3.85. The maximum atomic E-state index is 6.82. The summed E-state index contributed by atoms with van der Waals surface area (Å²) < 4.78 is 0. The second-order valence-electron chi connectivity index (χ2n) is 1.46. The molecule has 0 saturated heterocycles. The van der Waals surface area contributed by atoms with E-state index in [9.17, 15) is 0 Å². The van der Waals surface area contributed by atoms with Crippen molar-refractivity contribution in [1.29, 1.82) is 5.41 Å². The lowest BCUT2D eigenvalue weighted by Crippen LogP contribution is -2.13. The van der Waals surface area contributed by atoms with Crippen LogP contribution in [0, 0.1) is 5.41 Å². The first kappa shape index (κ1) is 8.30. The van der Waals surface area contributed by atoms with Crippen LogP contribution in [0.25, 0.3) is 0 Å². The molecular weight excluding hydrogens is 138 g/mol. The topological polar surface area (TPSA) is 61.9 Å². The van der Waals surface area contributed by atoms with Crippen LogP contribution < -0.4 is 11.1 Å². The van der Waals surface area contributed by atoms with Gasteiger partial charge in [0.05, 0.1) is 5.03 Å². The molecule has 0 fully saturated rings. The van der Waals surface area contributed by atoms with Gasteiger partial charge in [0, 0.05) is 12.7 Å². The Bertz CT molecular complexity index is 130. The largest absolute Gasteiger partial charge is 0.390 e. The maximum absolute atomic E-state index is 6.82. The molecule has 0 atom stereocenters. The summed E-state index contributed by atoms with van der Waals surface area (Å²) >= 11 is 5.44. The third-order valence-corrected chi connectivity index (χ3v) is 1.00. The Hall–Kier alpha value is -0.700. The summed E-state index contributed by atoms with van der Waals surface area (Å²) in [5.41, 5.74) is 5.02.